The molecule has 0 unspecified atom stereocenters. The number of aromatic nitrogens is 3. The lowest BCUT2D eigenvalue weighted by Gasteiger charge is -2.06. The average molecular weight is 267 g/mol. The zero-order valence-electron chi connectivity index (χ0n) is 9.44. The second-order valence-electron chi connectivity index (χ2n) is 3.65. The molecule has 2 rings (SSSR count). The van der Waals surface area contributed by atoms with Gasteiger partial charge in [-0.15, -0.1) is 0 Å². The van der Waals surface area contributed by atoms with E-state index in [1.165, 1.54) is 0 Å². The van der Waals surface area contributed by atoms with Gasteiger partial charge in [-0.05, 0) is 32.0 Å². The summed E-state index contributed by atoms with van der Waals surface area (Å²) in [6, 6.07) is 5.43. The molecule has 0 bridgehead atoms. The zero-order valence-corrected chi connectivity index (χ0v) is 11.0. The molecule has 17 heavy (non-hydrogen) atoms. The van der Waals surface area contributed by atoms with Gasteiger partial charge in [-0.25, -0.2) is 9.67 Å². The quantitative estimate of drug-likeness (QED) is 0.847. The van der Waals surface area contributed by atoms with Gasteiger partial charge in [0, 0.05) is 5.56 Å². The number of thiocarbonyl (C=S) groups is 1. The van der Waals surface area contributed by atoms with Crippen molar-refractivity contribution in [2.75, 3.05) is 0 Å². The Bertz CT molecular complexity index is 591. The summed E-state index contributed by atoms with van der Waals surface area (Å²) in [5.41, 5.74) is 7.06. The third kappa shape index (κ3) is 2.30. The van der Waals surface area contributed by atoms with E-state index in [4.69, 9.17) is 29.6 Å². The van der Waals surface area contributed by atoms with Gasteiger partial charge < -0.3 is 5.73 Å². The van der Waals surface area contributed by atoms with Gasteiger partial charge >= 0.3 is 0 Å². The van der Waals surface area contributed by atoms with Gasteiger partial charge in [0.2, 0.25) is 0 Å². The normalized spacial score (nSPS) is 10.5. The van der Waals surface area contributed by atoms with E-state index in [0.29, 0.717) is 10.6 Å². The topological polar surface area (TPSA) is 56.7 Å². The maximum Gasteiger partial charge on any atom is 0.148 e. The molecular formula is C11H11ClN4S. The summed E-state index contributed by atoms with van der Waals surface area (Å²) in [5, 5.41) is 4.80. The molecule has 0 aliphatic heterocycles. The molecule has 0 saturated carbocycles. The minimum atomic E-state index is 0.285. The van der Waals surface area contributed by atoms with E-state index >= 15 is 0 Å². The van der Waals surface area contributed by atoms with Gasteiger partial charge in [0.1, 0.15) is 16.6 Å². The van der Waals surface area contributed by atoms with E-state index in [-0.39, 0.29) is 4.99 Å². The van der Waals surface area contributed by atoms with Crippen LogP contribution in [0, 0.1) is 13.8 Å². The predicted molar refractivity (Wildman–Crippen MR) is 71.7 cm³/mol. The van der Waals surface area contributed by atoms with Gasteiger partial charge in [-0.2, -0.15) is 5.10 Å². The third-order valence-electron chi connectivity index (χ3n) is 2.34. The SMILES string of the molecule is Cc1nc(C)n(-c2ccc(C(N)=S)c(Cl)c2)n1. The molecule has 2 N–H and O–H groups in total. The highest BCUT2D eigenvalue weighted by atomic mass is 35.5. The highest BCUT2D eigenvalue weighted by Crippen LogP contribution is 2.20. The summed E-state index contributed by atoms with van der Waals surface area (Å²) in [6.07, 6.45) is 0. The largest absolute Gasteiger partial charge is 0.389 e. The Kier molecular flexibility index (Phi) is 3.13. The Hall–Kier alpha value is -1.46. The van der Waals surface area contributed by atoms with Crippen LogP contribution in [0.25, 0.3) is 5.69 Å². The molecule has 0 atom stereocenters. The number of nitrogens with zero attached hydrogens (tertiary/aromatic N) is 3. The summed E-state index contributed by atoms with van der Waals surface area (Å²) in [4.78, 5) is 4.52. The Morgan fingerprint density at radius 1 is 1.41 bits per heavy atom. The first-order valence-electron chi connectivity index (χ1n) is 4.99. The number of rotatable bonds is 2. The number of hydrogen-bond acceptors (Lipinski definition) is 3. The summed E-state index contributed by atoms with van der Waals surface area (Å²) in [7, 11) is 0. The molecule has 1 aromatic heterocycles. The minimum Gasteiger partial charge on any atom is -0.389 e. The van der Waals surface area contributed by atoms with Crippen LogP contribution in [0.15, 0.2) is 18.2 Å². The summed E-state index contributed by atoms with van der Waals surface area (Å²) < 4.78 is 1.73. The molecule has 0 saturated heterocycles. The maximum absolute atomic E-state index is 6.10. The van der Waals surface area contributed by atoms with E-state index < -0.39 is 0 Å². The van der Waals surface area contributed by atoms with Crippen LogP contribution >= 0.6 is 23.8 Å². The van der Waals surface area contributed by atoms with E-state index in [1.54, 1.807) is 16.8 Å². The van der Waals surface area contributed by atoms with E-state index in [2.05, 4.69) is 10.1 Å². The van der Waals surface area contributed by atoms with Crippen molar-refractivity contribution >= 4 is 28.8 Å². The molecule has 6 heteroatoms. The van der Waals surface area contributed by atoms with Gasteiger partial charge in [0.25, 0.3) is 0 Å². The second-order valence-corrected chi connectivity index (χ2v) is 4.49. The van der Waals surface area contributed by atoms with Gasteiger partial charge in [-0.3, -0.25) is 0 Å². The fraction of sp³-hybridized carbons (Fsp3) is 0.182. The molecule has 0 aliphatic carbocycles. The van der Waals surface area contributed by atoms with Crippen LogP contribution in [-0.2, 0) is 0 Å². The fourth-order valence-corrected chi connectivity index (χ4v) is 2.11. The highest BCUT2D eigenvalue weighted by Gasteiger charge is 2.08. The van der Waals surface area contributed by atoms with Crippen LogP contribution < -0.4 is 5.73 Å². The monoisotopic (exact) mass is 266 g/mol. The van der Waals surface area contributed by atoms with Crippen molar-refractivity contribution in [3.8, 4) is 5.69 Å². The predicted octanol–water partition coefficient (Wildman–Crippen LogP) is 2.17. The Balaban J connectivity index is 2.51. The molecule has 0 fully saturated rings. The maximum atomic E-state index is 6.10. The van der Waals surface area contributed by atoms with Gasteiger partial charge in [-0.1, -0.05) is 23.8 Å². The molecule has 0 amide bonds. The van der Waals surface area contributed by atoms with Crippen molar-refractivity contribution in [3.05, 3.63) is 40.4 Å². The second kappa shape index (κ2) is 4.43. The van der Waals surface area contributed by atoms with Crippen LogP contribution in [0.4, 0.5) is 0 Å². The van der Waals surface area contributed by atoms with E-state index in [9.17, 15) is 0 Å². The lowest BCUT2D eigenvalue weighted by molar-refractivity contribution is 0.831. The van der Waals surface area contributed by atoms with Crippen molar-refractivity contribution in [1.82, 2.24) is 14.8 Å². The molecule has 1 heterocycles. The van der Waals surface area contributed by atoms with Gasteiger partial charge in [0.15, 0.2) is 0 Å². The van der Waals surface area contributed by atoms with Crippen molar-refractivity contribution in [2.45, 2.75) is 13.8 Å². The molecule has 0 radical (unpaired) electrons. The smallest absolute Gasteiger partial charge is 0.148 e. The summed E-state index contributed by atoms with van der Waals surface area (Å²) in [5.74, 6) is 1.53. The van der Waals surface area contributed by atoms with E-state index in [1.807, 2.05) is 19.9 Å². The molecule has 2 aromatic rings. The molecule has 0 spiro atoms. The standard InChI is InChI=1S/C11H11ClN4S/c1-6-14-7(2)16(15-6)8-3-4-9(11(13)17)10(12)5-8/h3-5H,1-2H3,(H2,13,17). The van der Waals surface area contributed by atoms with Crippen LogP contribution in [0.3, 0.4) is 0 Å². The summed E-state index contributed by atoms with van der Waals surface area (Å²) >= 11 is 11.0. The fourth-order valence-electron chi connectivity index (χ4n) is 1.60. The first kappa shape index (κ1) is 12.0. The number of benzene rings is 1. The Morgan fingerprint density at radius 2 is 2.12 bits per heavy atom. The van der Waals surface area contributed by atoms with Crippen molar-refractivity contribution in [2.24, 2.45) is 5.73 Å². The average Bonchev–Trinajstić information content (AvgIpc) is 2.57. The molecular weight excluding hydrogens is 256 g/mol. The van der Waals surface area contributed by atoms with Crippen LogP contribution in [-0.4, -0.2) is 19.8 Å². The molecule has 4 nitrogen and oxygen atoms in total. The Labute approximate surface area is 109 Å². The number of hydrogen-bond donors (Lipinski definition) is 1. The minimum absolute atomic E-state index is 0.285. The number of halogens is 1. The van der Waals surface area contributed by atoms with Crippen molar-refractivity contribution in [3.63, 3.8) is 0 Å². The third-order valence-corrected chi connectivity index (χ3v) is 2.87. The number of nitrogens with two attached hydrogens (primary N) is 1. The van der Waals surface area contributed by atoms with Crippen molar-refractivity contribution < 1.29 is 0 Å². The van der Waals surface area contributed by atoms with Crippen LogP contribution in [0.1, 0.15) is 17.2 Å². The lowest BCUT2D eigenvalue weighted by atomic mass is 10.2. The van der Waals surface area contributed by atoms with Gasteiger partial charge in [0.05, 0.1) is 10.7 Å². The lowest BCUT2D eigenvalue weighted by Crippen LogP contribution is -2.10. The van der Waals surface area contributed by atoms with Crippen LogP contribution in [0.2, 0.25) is 5.02 Å². The molecule has 0 aliphatic rings. The first-order chi connectivity index (χ1) is 7.99. The number of aryl methyl sites for hydroxylation is 2. The van der Waals surface area contributed by atoms with Crippen molar-refractivity contribution in [1.29, 1.82) is 0 Å². The van der Waals surface area contributed by atoms with E-state index in [0.717, 1.165) is 17.3 Å². The van der Waals surface area contributed by atoms with Crippen LogP contribution in [0.5, 0.6) is 0 Å². The molecule has 88 valence electrons. The first-order valence-corrected chi connectivity index (χ1v) is 5.77. The molecule has 1 aromatic carbocycles. The summed E-state index contributed by atoms with van der Waals surface area (Å²) in [6.45, 7) is 3.73. The Morgan fingerprint density at radius 3 is 2.59 bits per heavy atom. The zero-order chi connectivity index (χ0) is 12.6. The highest BCUT2D eigenvalue weighted by molar-refractivity contribution is 7.80.